The Morgan fingerprint density at radius 1 is 0.639 bits per heavy atom. The number of hydrogen-bond acceptors (Lipinski definition) is 8. The van der Waals surface area contributed by atoms with Crippen LogP contribution in [-0.4, -0.2) is 93.1 Å². The maximum Gasteiger partial charge on any atom is 0.407 e. The maximum absolute atomic E-state index is 13.9. The van der Waals surface area contributed by atoms with Crippen molar-refractivity contribution in [3.8, 4) is 33.6 Å². The van der Waals surface area contributed by atoms with Crippen LogP contribution in [0.25, 0.3) is 33.6 Å². The molecule has 8 rings (SSSR count). The molecular weight excluding hydrogens is 773 g/mol. The lowest BCUT2D eigenvalue weighted by atomic mass is 9.82. The molecule has 324 valence electrons. The van der Waals surface area contributed by atoms with E-state index in [4.69, 9.17) is 19.4 Å². The minimum Gasteiger partial charge on any atom is -0.453 e. The van der Waals surface area contributed by atoms with Gasteiger partial charge in [-0.05, 0) is 95.4 Å². The summed E-state index contributed by atoms with van der Waals surface area (Å²) in [5.74, 6) is 2.58. The van der Waals surface area contributed by atoms with Gasteiger partial charge in [0.05, 0.1) is 50.1 Å². The lowest BCUT2D eigenvalue weighted by molar-refractivity contribution is -0.136. The summed E-state index contributed by atoms with van der Waals surface area (Å²) in [6.45, 7) is 13.1. The number of hydrogen-bond donors (Lipinski definition) is 4. The summed E-state index contributed by atoms with van der Waals surface area (Å²) in [6, 6.07) is 11.3. The number of rotatable bonds is 11. The molecule has 2 aromatic heterocycles. The van der Waals surface area contributed by atoms with Gasteiger partial charge in [0.1, 0.15) is 23.7 Å². The number of nitrogens with one attached hydrogen (secondary N) is 4. The number of methoxy groups -OCH3 is 2. The van der Waals surface area contributed by atoms with Gasteiger partial charge in [-0.25, -0.2) is 19.6 Å². The Hall–Kier alpha value is -5.66. The summed E-state index contributed by atoms with van der Waals surface area (Å²) in [4.78, 5) is 72.5. The lowest BCUT2D eigenvalue weighted by Gasteiger charge is -2.30. The number of ether oxygens (including phenoxy) is 2. The van der Waals surface area contributed by atoms with Crippen molar-refractivity contribution in [1.29, 1.82) is 0 Å². The fraction of sp³-hybridized carbons (Fsp3) is 0.532. The molecule has 4 heterocycles. The number of amides is 4. The van der Waals surface area contributed by atoms with Gasteiger partial charge in [-0.1, -0.05) is 77.9 Å². The molecule has 2 bridgehead atoms. The van der Waals surface area contributed by atoms with Crippen molar-refractivity contribution in [2.75, 3.05) is 27.3 Å². The Balaban J connectivity index is 1.03. The number of aromatic amines is 2. The molecule has 4 aliphatic rings. The van der Waals surface area contributed by atoms with Crippen molar-refractivity contribution in [3.63, 3.8) is 0 Å². The van der Waals surface area contributed by atoms with Crippen molar-refractivity contribution in [3.05, 3.63) is 71.6 Å². The van der Waals surface area contributed by atoms with Gasteiger partial charge >= 0.3 is 12.2 Å². The minimum atomic E-state index is -0.698. The van der Waals surface area contributed by atoms with E-state index in [1.54, 1.807) is 0 Å². The van der Waals surface area contributed by atoms with E-state index in [-0.39, 0.29) is 47.6 Å². The molecule has 4 N–H and O–H groups in total. The highest BCUT2D eigenvalue weighted by Gasteiger charge is 2.43. The van der Waals surface area contributed by atoms with Gasteiger partial charge in [0.25, 0.3) is 0 Å². The maximum atomic E-state index is 13.9. The number of carbonyl (C=O) groups is 4. The molecule has 3 fully saturated rings. The Bertz CT molecular complexity index is 2280. The van der Waals surface area contributed by atoms with Crippen LogP contribution in [0.3, 0.4) is 0 Å². The number of aromatic nitrogens is 4. The molecule has 14 nitrogen and oxygen atoms in total. The van der Waals surface area contributed by atoms with Gasteiger partial charge < -0.3 is 39.9 Å². The lowest BCUT2D eigenvalue weighted by Crippen LogP contribution is -2.51. The van der Waals surface area contributed by atoms with Crippen molar-refractivity contribution >= 4 is 24.0 Å². The highest BCUT2D eigenvalue weighted by Crippen LogP contribution is 2.58. The zero-order valence-corrected chi connectivity index (χ0v) is 36.6. The average Bonchev–Trinajstić information content (AvgIpc) is 4.12. The van der Waals surface area contributed by atoms with E-state index in [1.165, 1.54) is 49.3 Å². The van der Waals surface area contributed by atoms with Crippen molar-refractivity contribution in [2.45, 2.75) is 110 Å². The standard InChI is InChI=1S/C47H60N8O6/c1-24(2)40(52-46(58)60-7)44(56)54-22-26(5)17-36(54)42-48-20-34(50-42)29-11-9-28(10-12-29)32-15-16-33(39-31-14-13-30(19-31)38(32)39)35-21-49-43(51-35)37-18-27(6)23-55(37)45(57)41(25(3)4)53-47(59)61-8/h9-12,15-16,20-21,24-27,30-31,36-37,40-41H,13-14,17-19,22-23H2,1-8H3,(H,48,50)(H,49,51)(H,52,58)(H,53,59)/t26-,27-,30-,31+,36-,37-,40-,41-/m0/s1. The molecule has 2 aliphatic heterocycles. The average molecular weight is 833 g/mol. The first kappa shape index (κ1) is 42.0. The Morgan fingerprint density at radius 2 is 1.08 bits per heavy atom. The summed E-state index contributed by atoms with van der Waals surface area (Å²) in [7, 11) is 2.61. The quantitative estimate of drug-likeness (QED) is 0.117. The first-order valence-electron chi connectivity index (χ1n) is 21.9. The van der Waals surface area contributed by atoms with Gasteiger partial charge in [-0.15, -0.1) is 0 Å². The van der Waals surface area contributed by atoms with Crippen molar-refractivity contribution in [1.82, 2.24) is 40.4 Å². The Labute approximate surface area is 358 Å². The highest BCUT2D eigenvalue weighted by molar-refractivity contribution is 5.87. The molecule has 8 atom stereocenters. The van der Waals surface area contributed by atoms with E-state index >= 15 is 0 Å². The van der Waals surface area contributed by atoms with E-state index in [0.29, 0.717) is 24.9 Å². The summed E-state index contributed by atoms with van der Waals surface area (Å²) >= 11 is 0. The van der Waals surface area contributed by atoms with Crippen LogP contribution in [0.2, 0.25) is 0 Å². The van der Waals surface area contributed by atoms with Crippen LogP contribution in [0, 0.1) is 23.7 Å². The largest absolute Gasteiger partial charge is 0.453 e. The molecule has 0 unspecified atom stereocenters. The van der Waals surface area contributed by atoms with Crippen LogP contribution in [0.5, 0.6) is 0 Å². The molecule has 1 saturated carbocycles. The summed E-state index contributed by atoms with van der Waals surface area (Å²) in [6.07, 6.45) is 7.59. The Morgan fingerprint density at radius 3 is 1.57 bits per heavy atom. The van der Waals surface area contributed by atoms with Crippen LogP contribution in [0.4, 0.5) is 9.59 Å². The van der Waals surface area contributed by atoms with Crippen LogP contribution in [0.1, 0.15) is 120 Å². The third-order valence-corrected chi connectivity index (χ3v) is 13.5. The fourth-order valence-electron chi connectivity index (χ4n) is 10.5. The minimum absolute atomic E-state index is 0.111. The molecular formula is C47H60N8O6. The van der Waals surface area contributed by atoms with Gasteiger partial charge in [-0.2, -0.15) is 0 Å². The molecule has 14 heteroatoms. The third-order valence-electron chi connectivity index (χ3n) is 13.5. The van der Waals surface area contributed by atoms with Crippen LogP contribution >= 0.6 is 0 Å². The molecule has 0 spiro atoms. The van der Waals surface area contributed by atoms with Crippen LogP contribution in [-0.2, 0) is 19.1 Å². The monoisotopic (exact) mass is 832 g/mol. The van der Waals surface area contributed by atoms with Gasteiger partial charge in [0, 0.05) is 18.7 Å². The molecule has 2 aromatic carbocycles. The summed E-state index contributed by atoms with van der Waals surface area (Å²) in [5, 5.41) is 5.48. The second kappa shape index (κ2) is 17.0. The van der Waals surface area contributed by atoms with Gasteiger partial charge in [0.2, 0.25) is 11.8 Å². The number of benzene rings is 2. The second-order valence-electron chi connectivity index (χ2n) is 18.5. The first-order valence-corrected chi connectivity index (χ1v) is 21.9. The van der Waals surface area contributed by atoms with Crippen LogP contribution < -0.4 is 10.6 Å². The molecule has 0 radical (unpaired) electrons. The molecule has 4 amide bonds. The molecule has 2 saturated heterocycles. The van der Waals surface area contributed by atoms with E-state index in [2.05, 4.69) is 70.8 Å². The number of nitrogens with zero attached hydrogens (tertiary/aromatic N) is 4. The van der Waals surface area contributed by atoms with Gasteiger partial charge in [0.15, 0.2) is 0 Å². The third kappa shape index (κ3) is 8.01. The Kier molecular flexibility index (Phi) is 11.7. The predicted molar refractivity (Wildman–Crippen MR) is 231 cm³/mol. The van der Waals surface area contributed by atoms with Crippen molar-refractivity contribution < 1.29 is 28.7 Å². The molecule has 2 aliphatic carbocycles. The zero-order valence-electron chi connectivity index (χ0n) is 36.6. The second-order valence-corrected chi connectivity index (χ2v) is 18.5. The number of H-pyrrole nitrogens is 2. The fourth-order valence-corrected chi connectivity index (χ4v) is 10.5. The number of likely N-dealkylation sites (tertiary alicyclic amines) is 2. The number of alkyl carbamates (subject to hydrolysis) is 2. The van der Waals surface area contributed by atoms with E-state index in [9.17, 15) is 19.2 Å². The number of fused-ring (bicyclic) bond motifs is 5. The van der Waals surface area contributed by atoms with E-state index in [1.807, 2.05) is 49.9 Å². The summed E-state index contributed by atoms with van der Waals surface area (Å²) < 4.78 is 9.64. The highest BCUT2D eigenvalue weighted by atomic mass is 16.5. The number of imidazole rings is 2. The zero-order chi connectivity index (χ0) is 43.3. The van der Waals surface area contributed by atoms with E-state index < -0.39 is 24.3 Å². The van der Waals surface area contributed by atoms with Gasteiger partial charge in [-0.3, -0.25) is 9.59 Å². The molecule has 61 heavy (non-hydrogen) atoms. The summed E-state index contributed by atoms with van der Waals surface area (Å²) in [5.41, 5.74) is 9.30. The van der Waals surface area contributed by atoms with E-state index in [0.717, 1.165) is 53.4 Å². The SMILES string of the molecule is COC(=O)N[C@H](C(=O)N1C[C@@H](C)C[C@H]1c1ncc(-c2ccc(-c3ccc(-c4cnc([C@@H]5C[C@H](C)CN5C(=O)[C@@H](NC(=O)OC)C(C)C)[nH]4)c4c3[C@H]3CC[C@@H]4C3)cc2)[nH]1)C(C)C. The molecule has 4 aromatic rings. The van der Waals surface area contributed by atoms with Crippen LogP contribution in [0.15, 0.2) is 48.8 Å². The predicted octanol–water partition coefficient (Wildman–Crippen LogP) is 8.08. The normalized spacial score (nSPS) is 24.0. The first-order chi connectivity index (χ1) is 29.3. The smallest absolute Gasteiger partial charge is 0.407 e. The topological polar surface area (TPSA) is 175 Å². The van der Waals surface area contributed by atoms with Crippen molar-refractivity contribution in [2.24, 2.45) is 23.7 Å². The number of carbonyl (C=O) groups excluding carboxylic acids is 4.